The summed E-state index contributed by atoms with van der Waals surface area (Å²) in [6.07, 6.45) is 19.2. The third kappa shape index (κ3) is 14.2. The van der Waals surface area contributed by atoms with Crippen molar-refractivity contribution in [3.05, 3.63) is 36.0 Å². The van der Waals surface area contributed by atoms with Crippen molar-refractivity contribution in [2.75, 3.05) is 0 Å². The van der Waals surface area contributed by atoms with Gasteiger partial charge in [-0.25, -0.2) is 0 Å². The van der Waals surface area contributed by atoms with Gasteiger partial charge in [-0.05, 0) is 71.1 Å². The molecule has 0 saturated heterocycles. The molecular formula is C22H40. The van der Waals surface area contributed by atoms with E-state index in [9.17, 15) is 0 Å². The smallest absolute Gasteiger partial charge is 0.0320 e. The third-order valence-electron chi connectivity index (χ3n) is 4.22. The maximum atomic E-state index is 4.18. The van der Waals surface area contributed by atoms with Gasteiger partial charge in [-0.3, -0.25) is 0 Å². The molecule has 0 atom stereocenters. The van der Waals surface area contributed by atoms with E-state index in [1.165, 1.54) is 94.6 Å². The fraction of sp³-hybridized carbons (Fsp3) is 0.727. The second kappa shape index (κ2) is 15.1. The molecule has 0 bridgehead atoms. The molecule has 0 aromatic heterocycles. The average molecular weight is 305 g/mol. The normalized spacial score (nSPS) is 11.7. The van der Waals surface area contributed by atoms with Crippen LogP contribution < -0.4 is 0 Å². The molecule has 0 nitrogen and oxygen atoms in total. The van der Waals surface area contributed by atoms with E-state index < -0.39 is 0 Å². The zero-order valence-electron chi connectivity index (χ0n) is 15.7. The van der Waals surface area contributed by atoms with Crippen LogP contribution in [0.2, 0.25) is 0 Å². The van der Waals surface area contributed by atoms with Gasteiger partial charge in [-0.2, -0.15) is 0 Å². The molecule has 0 spiro atoms. The van der Waals surface area contributed by atoms with E-state index in [2.05, 4.69) is 40.0 Å². The van der Waals surface area contributed by atoms with Crippen LogP contribution in [0, 0.1) is 0 Å². The van der Waals surface area contributed by atoms with Gasteiger partial charge in [0, 0.05) is 0 Å². The lowest BCUT2D eigenvalue weighted by atomic mass is 9.97. The number of hydrogen-bond donors (Lipinski definition) is 0. The predicted molar refractivity (Wildman–Crippen MR) is 103 cm³/mol. The lowest BCUT2D eigenvalue weighted by molar-refractivity contribution is 0.656. The van der Waals surface area contributed by atoms with Gasteiger partial charge in [-0.15, -0.1) is 6.58 Å². The molecule has 0 aliphatic rings. The molecule has 0 unspecified atom stereocenters. The summed E-state index contributed by atoms with van der Waals surface area (Å²) >= 11 is 0. The molecule has 0 N–H and O–H groups in total. The summed E-state index contributed by atoms with van der Waals surface area (Å²) in [6.45, 7) is 14.8. The van der Waals surface area contributed by atoms with Crippen molar-refractivity contribution in [2.24, 2.45) is 0 Å². The topological polar surface area (TPSA) is 0 Å². The minimum atomic E-state index is 1.19. The van der Waals surface area contributed by atoms with Gasteiger partial charge in [0.2, 0.25) is 0 Å². The Bertz CT molecular complexity index is 319. The van der Waals surface area contributed by atoms with E-state index in [-0.39, 0.29) is 0 Å². The Morgan fingerprint density at radius 1 is 0.727 bits per heavy atom. The molecule has 0 radical (unpaired) electrons. The Hall–Kier alpha value is -0.780. The van der Waals surface area contributed by atoms with Gasteiger partial charge in [0.15, 0.2) is 0 Å². The van der Waals surface area contributed by atoms with Crippen LogP contribution in [-0.4, -0.2) is 0 Å². The van der Waals surface area contributed by atoms with Crippen LogP contribution in [0.5, 0.6) is 0 Å². The fourth-order valence-electron chi connectivity index (χ4n) is 2.82. The van der Waals surface area contributed by atoms with E-state index in [1.807, 2.05) is 0 Å². The second-order valence-electron chi connectivity index (χ2n) is 6.88. The maximum Gasteiger partial charge on any atom is -0.0320 e. The number of allylic oxidation sites excluding steroid dienone is 4. The molecule has 0 aromatic rings. The summed E-state index contributed by atoms with van der Waals surface area (Å²) in [7, 11) is 0. The van der Waals surface area contributed by atoms with Crippen molar-refractivity contribution in [3.63, 3.8) is 0 Å². The highest BCUT2D eigenvalue weighted by Crippen LogP contribution is 2.20. The van der Waals surface area contributed by atoms with Gasteiger partial charge in [0.1, 0.15) is 0 Å². The van der Waals surface area contributed by atoms with E-state index in [0.717, 1.165) is 0 Å². The first-order valence-corrected chi connectivity index (χ1v) is 9.59. The van der Waals surface area contributed by atoms with Gasteiger partial charge in [-0.1, -0.05) is 62.5 Å². The second-order valence-corrected chi connectivity index (χ2v) is 6.88. The summed E-state index contributed by atoms with van der Waals surface area (Å²) in [6, 6.07) is 0. The van der Waals surface area contributed by atoms with E-state index in [4.69, 9.17) is 0 Å². The predicted octanol–water partition coefficient (Wildman–Crippen LogP) is 8.16. The highest BCUT2D eigenvalue weighted by Gasteiger charge is 2.00. The molecule has 0 fully saturated rings. The Kier molecular flexibility index (Phi) is 14.6. The Morgan fingerprint density at radius 2 is 1.32 bits per heavy atom. The van der Waals surface area contributed by atoms with Crippen LogP contribution in [0.4, 0.5) is 0 Å². The lowest BCUT2D eigenvalue weighted by Crippen LogP contribution is -1.89. The summed E-state index contributed by atoms with van der Waals surface area (Å²) in [5.74, 6) is 0. The standard InChI is InChI=1S/C22H40/c1-6-8-9-17-22(18-12-10-15-20(3)4)19-13-11-16-21(5)14-7-2/h17H,3,5-16,18-19H2,1-2,4H3. The van der Waals surface area contributed by atoms with Crippen LogP contribution in [-0.2, 0) is 0 Å². The van der Waals surface area contributed by atoms with Crippen molar-refractivity contribution in [1.29, 1.82) is 0 Å². The zero-order chi connectivity index (χ0) is 16.6. The molecule has 0 rings (SSSR count). The van der Waals surface area contributed by atoms with Gasteiger partial charge < -0.3 is 0 Å². The molecule has 0 heterocycles. The molecule has 128 valence electrons. The Labute approximate surface area is 140 Å². The number of unbranched alkanes of at least 4 members (excludes halogenated alkanes) is 4. The molecule has 0 aliphatic carbocycles. The van der Waals surface area contributed by atoms with E-state index in [0.29, 0.717) is 0 Å². The molecular weight excluding hydrogens is 264 g/mol. The van der Waals surface area contributed by atoms with Crippen molar-refractivity contribution < 1.29 is 0 Å². The summed E-state index contributed by atoms with van der Waals surface area (Å²) in [5, 5.41) is 0. The van der Waals surface area contributed by atoms with E-state index in [1.54, 1.807) is 5.57 Å². The van der Waals surface area contributed by atoms with E-state index >= 15 is 0 Å². The van der Waals surface area contributed by atoms with Gasteiger partial charge in [0.25, 0.3) is 0 Å². The molecule has 0 saturated carbocycles. The monoisotopic (exact) mass is 304 g/mol. The number of rotatable bonds is 15. The Balaban J connectivity index is 3.99. The Morgan fingerprint density at radius 3 is 1.86 bits per heavy atom. The number of hydrogen-bond acceptors (Lipinski definition) is 0. The molecule has 0 aromatic carbocycles. The minimum Gasteiger partial charge on any atom is -0.100 e. The highest BCUT2D eigenvalue weighted by atomic mass is 14.1. The molecule has 0 heteroatoms. The zero-order valence-corrected chi connectivity index (χ0v) is 15.7. The van der Waals surface area contributed by atoms with Crippen molar-refractivity contribution in [1.82, 2.24) is 0 Å². The summed E-state index contributed by atoms with van der Waals surface area (Å²) in [4.78, 5) is 0. The lowest BCUT2D eigenvalue weighted by Gasteiger charge is -2.09. The van der Waals surface area contributed by atoms with Gasteiger partial charge >= 0.3 is 0 Å². The van der Waals surface area contributed by atoms with Crippen molar-refractivity contribution in [2.45, 2.75) is 104 Å². The fourth-order valence-corrected chi connectivity index (χ4v) is 2.82. The molecule has 0 aliphatic heterocycles. The summed E-state index contributed by atoms with van der Waals surface area (Å²) < 4.78 is 0. The van der Waals surface area contributed by atoms with Crippen LogP contribution in [0.25, 0.3) is 0 Å². The van der Waals surface area contributed by atoms with Crippen LogP contribution in [0.1, 0.15) is 104 Å². The van der Waals surface area contributed by atoms with Crippen molar-refractivity contribution >= 4 is 0 Å². The molecule has 22 heavy (non-hydrogen) atoms. The minimum absolute atomic E-state index is 1.19. The molecule has 0 amide bonds. The quantitative estimate of drug-likeness (QED) is 0.211. The van der Waals surface area contributed by atoms with Crippen LogP contribution in [0.15, 0.2) is 36.0 Å². The first-order chi connectivity index (χ1) is 10.6. The average Bonchev–Trinajstić information content (AvgIpc) is 2.47. The van der Waals surface area contributed by atoms with Gasteiger partial charge in [0.05, 0.1) is 0 Å². The third-order valence-corrected chi connectivity index (χ3v) is 4.22. The largest absolute Gasteiger partial charge is 0.100 e. The highest BCUT2D eigenvalue weighted by molar-refractivity contribution is 5.02. The van der Waals surface area contributed by atoms with Crippen LogP contribution >= 0.6 is 0 Å². The maximum absolute atomic E-state index is 4.18. The first kappa shape index (κ1) is 21.2. The summed E-state index contributed by atoms with van der Waals surface area (Å²) in [5.41, 5.74) is 4.47. The SMILES string of the molecule is C=C(C)CCCCC(=CCCCC)CCCCC(=C)CCC. The first-order valence-electron chi connectivity index (χ1n) is 9.59. The van der Waals surface area contributed by atoms with Crippen molar-refractivity contribution in [3.8, 4) is 0 Å². The van der Waals surface area contributed by atoms with Crippen LogP contribution in [0.3, 0.4) is 0 Å².